The van der Waals surface area contributed by atoms with Gasteiger partial charge < -0.3 is 9.47 Å². The van der Waals surface area contributed by atoms with Crippen molar-refractivity contribution in [1.29, 1.82) is 0 Å². The lowest BCUT2D eigenvalue weighted by atomic mass is 10.1. The van der Waals surface area contributed by atoms with Crippen LogP contribution in [-0.2, 0) is 19.6 Å². The average Bonchev–Trinajstić information content (AvgIpc) is 2.85. The van der Waals surface area contributed by atoms with Gasteiger partial charge in [-0.1, -0.05) is 29.8 Å². The molecule has 1 unspecified atom stereocenters. The Morgan fingerprint density at radius 3 is 2.45 bits per heavy atom. The van der Waals surface area contributed by atoms with Gasteiger partial charge >= 0.3 is 0 Å². The van der Waals surface area contributed by atoms with Crippen LogP contribution in [-0.4, -0.2) is 50.7 Å². The van der Waals surface area contributed by atoms with Crippen LogP contribution in [0.15, 0.2) is 53.4 Å². The van der Waals surface area contributed by atoms with Gasteiger partial charge in [0.25, 0.3) is 5.91 Å². The maximum atomic E-state index is 13.4. The lowest BCUT2D eigenvalue weighted by Gasteiger charge is -2.31. The molecule has 8 nitrogen and oxygen atoms in total. The maximum absolute atomic E-state index is 13.4. The summed E-state index contributed by atoms with van der Waals surface area (Å²) in [5.74, 6) is 0.173. The van der Waals surface area contributed by atoms with Crippen molar-refractivity contribution >= 4 is 15.9 Å². The van der Waals surface area contributed by atoms with Crippen molar-refractivity contribution in [2.24, 2.45) is 0 Å². The zero-order chi connectivity index (χ0) is 23.3. The molecular formula is C24H30N2O6S. The van der Waals surface area contributed by atoms with Gasteiger partial charge in [-0.15, -0.1) is 0 Å². The van der Waals surface area contributed by atoms with Crippen molar-refractivity contribution in [3.05, 3.63) is 59.7 Å². The van der Waals surface area contributed by atoms with E-state index in [1.165, 1.54) is 16.4 Å². The Morgan fingerprint density at radius 1 is 1.03 bits per heavy atom. The van der Waals surface area contributed by atoms with E-state index in [-0.39, 0.29) is 16.6 Å². The molecule has 0 saturated carbocycles. The fraction of sp³-hybridized carbons (Fsp3) is 0.458. The van der Waals surface area contributed by atoms with Gasteiger partial charge in [-0.2, -0.15) is 4.31 Å². The normalized spacial score (nSPS) is 20.3. The van der Waals surface area contributed by atoms with Crippen LogP contribution < -0.4 is 10.2 Å². The Bertz CT molecular complexity index is 1040. The molecule has 33 heavy (non-hydrogen) atoms. The third-order valence-electron chi connectivity index (χ3n) is 5.90. The van der Waals surface area contributed by atoms with Crippen LogP contribution in [0.5, 0.6) is 5.75 Å². The van der Waals surface area contributed by atoms with Crippen LogP contribution in [0.3, 0.4) is 0 Å². The first-order valence-corrected chi connectivity index (χ1v) is 12.8. The predicted molar refractivity (Wildman–Crippen MR) is 122 cm³/mol. The number of aryl methyl sites for hydroxylation is 1. The summed E-state index contributed by atoms with van der Waals surface area (Å²) >= 11 is 0. The Hall–Kier alpha value is -2.46. The number of carbonyl (C=O) groups excluding carboxylic acids is 1. The zero-order valence-electron chi connectivity index (χ0n) is 18.7. The van der Waals surface area contributed by atoms with Crippen LogP contribution >= 0.6 is 0 Å². The van der Waals surface area contributed by atoms with Gasteiger partial charge in [-0.3, -0.25) is 4.79 Å². The summed E-state index contributed by atoms with van der Waals surface area (Å²) in [4.78, 5) is 18.0. The lowest BCUT2D eigenvalue weighted by molar-refractivity contribution is -0.186. The van der Waals surface area contributed by atoms with Crippen LogP contribution in [0, 0.1) is 6.92 Å². The summed E-state index contributed by atoms with van der Waals surface area (Å²) in [6.07, 6.45) is 3.17. The molecule has 9 heteroatoms. The summed E-state index contributed by atoms with van der Waals surface area (Å²) in [5.41, 5.74) is 3.56. The SMILES string of the molecule is Cc1ccc(OC2CCN(S(=O)(=O)c3ccccc3C(=O)NOC3CCCCO3)CC2)cc1. The lowest BCUT2D eigenvalue weighted by Crippen LogP contribution is -2.42. The number of nitrogens with one attached hydrogen (secondary N) is 1. The number of amides is 1. The van der Waals surface area contributed by atoms with Gasteiger partial charge in [0.1, 0.15) is 11.9 Å². The molecule has 2 aliphatic rings. The van der Waals surface area contributed by atoms with Crippen molar-refractivity contribution in [1.82, 2.24) is 9.79 Å². The third-order valence-corrected chi connectivity index (χ3v) is 7.85. The monoisotopic (exact) mass is 474 g/mol. The van der Waals surface area contributed by atoms with E-state index in [0.29, 0.717) is 39.0 Å². The van der Waals surface area contributed by atoms with E-state index in [2.05, 4.69) is 5.48 Å². The number of piperidine rings is 1. The molecule has 1 N–H and O–H groups in total. The van der Waals surface area contributed by atoms with Gasteiger partial charge in [0.2, 0.25) is 10.0 Å². The summed E-state index contributed by atoms with van der Waals surface area (Å²) in [6.45, 7) is 3.23. The Morgan fingerprint density at radius 2 is 1.76 bits per heavy atom. The number of carbonyl (C=O) groups is 1. The number of sulfonamides is 1. The minimum Gasteiger partial charge on any atom is -0.490 e. The highest BCUT2D eigenvalue weighted by Gasteiger charge is 2.33. The molecule has 0 radical (unpaired) electrons. The van der Waals surface area contributed by atoms with Crippen LogP contribution in [0.2, 0.25) is 0 Å². The first kappa shape index (κ1) is 23.7. The highest BCUT2D eigenvalue weighted by molar-refractivity contribution is 7.89. The van der Waals surface area contributed by atoms with Crippen molar-refractivity contribution < 1.29 is 27.5 Å². The van der Waals surface area contributed by atoms with Gasteiger partial charge in [-0.25, -0.2) is 18.7 Å². The number of hydrogen-bond donors (Lipinski definition) is 1. The average molecular weight is 475 g/mol. The van der Waals surface area contributed by atoms with Crippen LogP contribution in [0.25, 0.3) is 0 Å². The maximum Gasteiger partial charge on any atom is 0.276 e. The topological polar surface area (TPSA) is 94.2 Å². The number of hydroxylamine groups is 1. The quantitative estimate of drug-likeness (QED) is 0.618. The molecule has 2 fully saturated rings. The summed E-state index contributed by atoms with van der Waals surface area (Å²) < 4.78 is 39.6. The van der Waals surface area contributed by atoms with Crippen molar-refractivity contribution in [2.45, 2.75) is 56.3 Å². The molecule has 2 heterocycles. The molecule has 2 saturated heterocycles. The smallest absolute Gasteiger partial charge is 0.276 e. The Balaban J connectivity index is 1.39. The fourth-order valence-electron chi connectivity index (χ4n) is 4.00. The zero-order valence-corrected chi connectivity index (χ0v) is 19.6. The van der Waals surface area contributed by atoms with E-state index < -0.39 is 22.2 Å². The summed E-state index contributed by atoms with van der Waals surface area (Å²) in [5, 5.41) is 0. The van der Waals surface area contributed by atoms with Crippen molar-refractivity contribution in [2.75, 3.05) is 19.7 Å². The molecular weight excluding hydrogens is 444 g/mol. The van der Waals surface area contributed by atoms with Crippen molar-refractivity contribution in [3.8, 4) is 5.75 Å². The summed E-state index contributed by atoms with van der Waals surface area (Å²) in [6, 6.07) is 14.0. The first-order chi connectivity index (χ1) is 15.9. The van der Waals surface area contributed by atoms with E-state index in [1.54, 1.807) is 12.1 Å². The minimum atomic E-state index is -3.85. The highest BCUT2D eigenvalue weighted by atomic mass is 32.2. The molecule has 178 valence electrons. The number of benzene rings is 2. The van der Waals surface area contributed by atoms with E-state index in [0.717, 1.165) is 24.2 Å². The van der Waals surface area contributed by atoms with E-state index in [1.807, 2.05) is 31.2 Å². The van der Waals surface area contributed by atoms with E-state index in [4.69, 9.17) is 14.3 Å². The highest BCUT2D eigenvalue weighted by Crippen LogP contribution is 2.26. The third kappa shape index (κ3) is 5.92. The van der Waals surface area contributed by atoms with Gasteiger partial charge in [0.05, 0.1) is 10.5 Å². The second kappa shape index (κ2) is 10.6. The molecule has 0 spiro atoms. The molecule has 1 amide bonds. The van der Waals surface area contributed by atoms with E-state index >= 15 is 0 Å². The summed E-state index contributed by atoms with van der Waals surface area (Å²) in [7, 11) is -3.85. The van der Waals surface area contributed by atoms with Gasteiger partial charge in [0, 0.05) is 26.1 Å². The molecule has 4 rings (SSSR count). The number of hydrogen-bond acceptors (Lipinski definition) is 6. The molecule has 1 atom stereocenters. The number of ether oxygens (including phenoxy) is 2. The van der Waals surface area contributed by atoms with Gasteiger partial charge in [-0.05, 0) is 56.9 Å². The molecule has 0 aliphatic carbocycles. The minimum absolute atomic E-state index is 0.0337. The number of nitrogens with zero attached hydrogens (tertiary/aromatic N) is 1. The molecule has 2 aromatic carbocycles. The molecule has 2 aliphatic heterocycles. The van der Waals surface area contributed by atoms with E-state index in [9.17, 15) is 13.2 Å². The first-order valence-electron chi connectivity index (χ1n) is 11.3. The predicted octanol–water partition coefficient (Wildman–Crippen LogP) is 3.42. The standard InChI is InChI=1S/C24H30N2O6S/c1-18-9-11-19(12-10-18)31-20-13-15-26(16-14-20)33(28,29)22-7-3-2-6-21(22)24(27)25-32-23-8-4-5-17-30-23/h2-3,6-7,9-12,20,23H,4-5,8,13-17H2,1H3,(H,25,27). The molecule has 0 bridgehead atoms. The fourth-order valence-corrected chi connectivity index (χ4v) is 5.66. The number of rotatable bonds is 7. The Labute approximate surface area is 194 Å². The molecule has 2 aromatic rings. The molecule has 0 aromatic heterocycles. The second-order valence-corrected chi connectivity index (χ2v) is 10.3. The Kier molecular flexibility index (Phi) is 7.64. The largest absolute Gasteiger partial charge is 0.490 e. The van der Waals surface area contributed by atoms with Crippen molar-refractivity contribution in [3.63, 3.8) is 0 Å². The van der Waals surface area contributed by atoms with Gasteiger partial charge in [0.15, 0.2) is 6.29 Å². The second-order valence-electron chi connectivity index (χ2n) is 8.38. The van der Waals surface area contributed by atoms with Crippen LogP contribution in [0.1, 0.15) is 48.0 Å². The van der Waals surface area contributed by atoms with Crippen LogP contribution in [0.4, 0.5) is 0 Å².